The Balaban J connectivity index is 1.47. The van der Waals surface area contributed by atoms with Gasteiger partial charge >= 0.3 is 0 Å². The fourth-order valence-corrected chi connectivity index (χ4v) is 3.60. The van der Waals surface area contributed by atoms with Gasteiger partial charge in [-0.3, -0.25) is 4.40 Å². The lowest BCUT2D eigenvalue weighted by atomic mass is 9.92. The molecule has 0 saturated heterocycles. The van der Waals surface area contributed by atoms with Crippen molar-refractivity contribution in [2.45, 2.75) is 38.6 Å². The Morgan fingerprint density at radius 1 is 1.11 bits per heavy atom. The molecule has 0 atom stereocenters. The number of nitrogens with one attached hydrogen (secondary N) is 2. The van der Waals surface area contributed by atoms with Crippen molar-refractivity contribution in [1.82, 2.24) is 25.2 Å². The van der Waals surface area contributed by atoms with Gasteiger partial charge in [-0.15, -0.1) is 10.2 Å². The number of aliphatic imine (C=N–C) groups is 1. The summed E-state index contributed by atoms with van der Waals surface area (Å²) in [6, 6.07) is 14.6. The van der Waals surface area contributed by atoms with Crippen LogP contribution in [0, 0.1) is 6.92 Å². The number of fused-ring (bicyclic) bond motifs is 1. The molecule has 0 unspecified atom stereocenters. The molecule has 140 valence electrons. The number of nitrogens with zero attached hydrogens (tertiary/aromatic N) is 4. The van der Waals surface area contributed by atoms with E-state index >= 15 is 0 Å². The minimum absolute atomic E-state index is 0.239. The maximum Gasteiger partial charge on any atom is 0.191 e. The first kappa shape index (κ1) is 17.5. The minimum atomic E-state index is 0.239. The summed E-state index contributed by atoms with van der Waals surface area (Å²) in [5.41, 5.74) is 3.91. The first-order chi connectivity index (χ1) is 13.2. The number of rotatable bonds is 6. The van der Waals surface area contributed by atoms with Crippen LogP contribution in [0.15, 0.2) is 53.7 Å². The molecule has 0 radical (unpaired) electrons. The second-order valence-corrected chi connectivity index (χ2v) is 7.19. The van der Waals surface area contributed by atoms with Crippen LogP contribution in [-0.4, -0.2) is 33.6 Å². The van der Waals surface area contributed by atoms with Crippen molar-refractivity contribution in [2.75, 3.05) is 13.1 Å². The van der Waals surface area contributed by atoms with Gasteiger partial charge in [0.25, 0.3) is 0 Å². The van der Waals surface area contributed by atoms with Crippen LogP contribution >= 0.6 is 0 Å². The molecule has 0 spiro atoms. The van der Waals surface area contributed by atoms with E-state index in [0.29, 0.717) is 6.54 Å². The van der Waals surface area contributed by atoms with Gasteiger partial charge in [-0.05, 0) is 49.9 Å². The third kappa shape index (κ3) is 3.65. The van der Waals surface area contributed by atoms with Crippen molar-refractivity contribution in [1.29, 1.82) is 0 Å². The van der Waals surface area contributed by atoms with E-state index < -0.39 is 0 Å². The Kier molecular flexibility index (Phi) is 4.79. The average molecular weight is 362 g/mol. The van der Waals surface area contributed by atoms with Gasteiger partial charge in [0.05, 0.1) is 0 Å². The lowest BCUT2D eigenvalue weighted by Gasteiger charge is -2.20. The Labute approximate surface area is 159 Å². The predicted molar refractivity (Wildman–Crippen MR) is 108 cm³/mol. The smallest absolute Gasteiger partial charge is 0.191 e. The molecule has 1 saturated carbocycles. The molecular weight excluding hydrogens is 336 g/mol. The standard InChI is InChI=1S/C21H26N6/c1-3-22-20(23-14-19-26-25-18-10-6-7-13-27(18)19)24-15-21(11-12-21)17-9-5-4-8-16(17)2/h4-10,13H,3,11-12,14-15H2,1-2H3,(H2,22,23,24). The molecule has 2 N–H and O–H groups in total. The lowest BCUT2D eigenvalue weighted by Crippen LogP contribution is -2.41. The normalized spacial score (nSPS) is 15.7. The van der Waals surface area contributed by atoms with E-state index in [2.05, 4.69) is 58.9 Å². The third-order valence-electron chi connectivity index (χ3n) is 5.27. The van der Waals surface area contributed by atoms with Crippen LogP contribution in [0.2, 0.25) is 0 Å². The molecule has 0 aliphatic heterocycles. The molecule has 6 nitrogen and oxygen atoms in total. The van der Waals surface area contributed by atoms with E-state index in [1.54, 1.807) is 0 Å². The minimum Gasteiger partial charge on any atom is -0.357 e. The van der Waals surface area contributed by atoms with Gasteiger partial charge in [-0.1, -0.05) is 30.3 Å². The highest BCUT2D eigenvalue weighted by Crippen LogP contribution is 2.48. The third-order valence-corrected chi connectivity index (χ3v) is 5.27. The van der Waals surface area contributed by atoms with Gasteiger partial charge < -0.3 is 10.6 Å². The molecule has 2 heterocycles. The monoisotopic (exact) mass is 362 g/mol. The average Bonchev–Trinajstić information content (AvgIpc) is 3.37. The second-order valence-electron chi connectivity index (χ2n) is 7.19. The van der Waals surface area contributed by atoms with E-state index in [4.69, 9.17) is 4.99 Å². The van der Waals surface area contributed by atoms with Crippen molar-refractivity contribution < 1.29 is 0 Å². The van der Waals surface area contributed by atoms with Crippen LogP contribution < -0.4 is 10.6 Å². The summed E-state index contributed by atoms with van der Waals surface area (Å²) < 4.78 is 1.97. The van der Waals surface area contributed by atoms with Crippen molar-refractivity contribution in [3.63, 3.8) is 0 Å². The van der Waals surface area contributed by atoms with E-state index in [1.807, 2.05) is 28.8 Å². The quantitative estimate of drug-likeness (QED) is 0.523. The maximum atomic E-state index is 4.72. The van der Waals surface area contributed by atoms with Gasteiger partial charge in [-0.25, -0.2) is 4.99 Å². The highest BCUT2D eigenvalue weighted by atomic mass is 15.3. The molecule has 4 rings (SSSR count). The maximum absolute atomic E-state index is 4.72. The van der Waals surface area contributed by atoms with Crippen molar-refractivity contribution in [2.24, 2.45) is 4.99 Å². The summed E-state index contributed by atoms with van der Waals surface area (Å²) in [5.74, 6) is 1.66. The fraction of sp³-hybridized carbons (Fsp3) is 0.381. The Hall–Kier alpha value is -2.89. The number of guanidine groups is 1. The first-order valence-corrected chi connectivity index (χ1v) is 9.59. The summed E-state index contributed by atoms with van der Waals surface area (Å²) in [6.07, 6.45) is 4.41. The molecule has 1 aromatic carbocycles. The Bertz CT molecular complexity index is 954. The van der Waals surface area contributed by atoms with Crippen LogP contribution in [0.25, 0.3) is 5.65 Å². The molecule has 3 aromatic rings. The second kappa shape index (κ2) is 7.39. The predicted octanol–water partition coefficient (Wildman–Crippen LogP) is 2.82. The molecule has 1 aliphatic carbocycles. The topological polar surface area (TPSA) is 66.6 Å². The van der Waals surface area contributed by atoms with Crippen LogP contribution in [0.4, 0.5) is 0 Å². The van der Waals surface area contributed by atoms with Crippen molar-refractivity contribution >= 4 is 11.6 Å². The van der Waals surface area contributed by atoms with E-state index in [9.17, 15) is 0 Å². The van der Waals surface area contributed by atoms with E-state index in [1.165, 1.54) is 24.0 Å². The lowest BCUT2D eigenvalue weighted by molar-refractivity contribution is 0.641. The summed E-state index contributed by atoms with van der Waals surface area (Å²) in [7, 11) is 0. The number of aromatic nitrogens is 3. The number of hydrogen-bond donors (Lipinski definition) is 2. The Morgan fingerprint density at radius 3 is 2.70 bits per heavy atom. The number of aryl methyl sites for hydroxylation is 1. The molecule has 27 heavy (non-hydrogen) atoms. The van der Waals surface area contributed by atoms with Crippen LogP contribution in [0.5, 0.6) is 0 Å². The summed E-state index contributed by atoms with van der Waals surface area (Å²) in [4.78, 5) is 4.72. The number of benzene rings is 1. The first-order valence-electron chi connectivity index (χ1n) is 9.59. The number of hydrogen-bond acceptors (Lipinski definition) is 3. The van der Waals surface area contributed by atoms with Gasteiger partial charge in [0.15, 0.2) is 17.4 Å². The number of pyridine rings is 1. The van der Waals surface area contributed by atoms with Crippen molar-refractivity contribution in [3.05, 3.63) is 65.6 Å². The molecular formula is C21H26N6. The van der Waals surface area contributed by atoms with E-state index in [0.717, 1.165) is 30.5 Å². The summed E-state index contributed by atoms with van der Waals surface area (Å²) >= 11 is 0. The SMILES string of the molecule is CCNC(=NCc1nnc2ccccn12)NCC1(c2ccccc2C)CC1. The van der Waals surface area contributed by atoms with Gasteiger partial charge in [0, 0.05) is 24.7 Å². The highest BCUT2D eigenvalue weighted by molar-refractivity contribution is 5.80. The summed E-state index contributed by atoms with van der Waals surface area (Å²) in [5, 5.41) is 15.3. The largest absolute Gasteiger partial charge is 0.357 e. The molecule has 0 amide bonds. The molecule has 2 aromatic heterocycles. The molecule has 0 bridgehead atoms. The molecule has 6 heteroatoms. The highest BCUT2D eigenvalue weighted by Gasteiger charge is 2.44. The zero-order valence-electron chi connectivity index (χ0n) is 15.9. The van der Waals surface area contributed by atoms with Gasteiger partial charge in [0.1, 0.15) is 6.54 Å². The van der Waals surface area contributed by atoms with Crippen LogP contribution in [0.1, 0.15) is 36.7 Å². The zero-order valence-corrected chi connectivity index (χ0v) is 15.9. The Morgan fingerprint density at radius 2 is 1.93 bits per heavy atom. The van der Waals surface area contributed by atoms with Crippen LogP contribution in [-0.2, 0) is 12.0 Å². The van der Waals surface area contributed by atoms with Gasteiger partial charge in [0.2, 0.25) is 0 Å². The van der Waals surface area contributed by atoms with Gasteiger partial charge in [-0.2, -0.15) is 0 Å². The van der Waals surface area contributed by atoms with Crippen LogP contribution in [0.3, 0.4) is 0 Å². The molecule has 1 aliphatic rings. The summed E-state index contributed by atoms with van der Waals surface area (Å²) in [6.45, 7) is 6.48. The van der Waals surface area contributed by atoms with Crippen molar-refractivity contribution in [3.8, 4) is 0 Å². The fourth-order valence-electron chi connectivity index (χ4n) is 3.60. The van der Waals surface area contributed by atoms with E-state index in [-0.39, 0.29) is 5.41 Å². The zero-order chi connectivity index (χ0) is 18.7. The molecule has 1 fully saturated rings.